The van der Waals surface area contributed by atoms with E-state index in [-0.39, 0.29) is 0 Å². The predicted octanol–water partition coefficient (Wildman–Crippen LogP) is 2.98. The van der Waals surface area contributed by atoms with Gasteiger partial charge in [0, 0.05) is 6.61 Å². The molecular formula is C11H22O. The summed E-state index contributed by atoms with van der Waals surface area (Å²) in [6.07, 6.45) is 8.03. The van der Waals surface area contributed by atoms with Crippen molar-refractivity contribution in [3.05, 3.63) is 0 Å². The quantitative estimate of drug-likeness (QED) is 0.608. The van der Waals surface area contributed by atoms with Crippen molar-refractivity contribution in [2.24, 2.45) is 11.3 Å². The number of aliphatic hydroxyl groups excluding tert-OH is 1. The third-order valence-electron chi connectivity index (χ3n) is 3.36. The maximum absolute atomic E-state index is 8.94. The van der Waals surface area contributed by atoms with Crippen LogP contribution in [0.5, 0.6) is 0 Å². The molecule has 0 bridgehead atoms. The zero-order chi connectivity index (χ0) is 9.03. The molecule has 1 rings (SSSR count). The first-order valence-corrected chi connectivity index (χ1v) is 5.34. The van der Waals surface area contributed by atoms with Crippen molar-refractivity contribution in [3.8, 4) is 0 Å². The molecule has 0 aliphatic heterocycles. The van der Waals surface area contributed by atoms with Crippen molar-refractivity contribution in [3.63, 3.8) is 0 Å². The van der Waals surface area contributed by atoms with Crippen LogP contribution in [0.2, 0.25) is 0 Å². The fourth-order valence-electron chi connectivity index (χ4n) is 2.05. The van der Waals surface area contributed by atoms with Gasteiger partial charge in [-0.3, -0.25) is 0 Å². The van der Waals surface area contributed by atoms with Crippen LogP contribution in [-0.4, -0.2) is 11.7 Å². The Morgan fingerprint density at radius 3 is 2.58 bits per heavy atom. The number of unbranched alkanes of at least 4 members (excludes halogenated alkanes) is 3. The van der Waals surface area contributed by atoms with Gasteiger partial charge in [0.15, 0.2) is 0 Å². The Hall–Kier alpha value is -0.0400. The predicted molar refractivity (Wildman–Crippen MR) is 52.1 cm³/mol. The maximum Gasteiger partial charge on any atom is 0.0464 e. The smallest absolute Gasteiger partial charge is 0.0464 e. The molecule has 1 nitrogen and oxygen atoms in total. The van der Waals surface area contributed by atoms with Crippen LogP contribution in [0.4, 0.5) is 0 Å². The second kappa shape index (κ2) is 4.27. The van der Waals surface area contributed by atoms with Crippen molar-refractivity contribution < 1.29 is 5.11 Å². The summed E-state index contributed by atoms with van der Waals surface area (Å²) >= 11 is 0. The van der Waals surface area contributed by atoms with Gasteiger partial charge in [0.05, 0.1) is 0 Å². The van der Waals surface area contributed by atoms with E-state index in [1.165, 1.54) is 38.5 Å². The molecule has 1 aliphatic rings. The summed E-state index contributed by atoms with van der Waals surface area (Å²) in [5, 5.41) is 8.94. The van der Waals surface area contributed by atoms with Crippen molar-refractivity contribution in [2.75, 3.05) is 6.61 Å². The summed E-state index contributed by atoms with van der Waals surface area (Å²) in [4.78, 5) is 0. The molecule has 0 aromatic carbocycles. The monoisotopic (exact) mass is 170 g/mol. The van der Waals surface area contributed by atoms with Gasteiger partial charge >= 0.3 is 0 Å². The molecule has 12 heavy (non-hydrogen) atoms. The summed E-state index contributed by atoms with van der Waals surface area (Å²) in [5.41, 5.74) is 0.516. The van der Waals surface area contributed by atoms with Crippen molar-refractivity contribution in [1.82, 2.24) is 0 Å². The molecule has 1 saturated carbocycles. The Kier molecular flexibility index (Phi) is 3.57. The van der Waals surface area contributed by atoms with E-state index < -0.39 is 0 Å². The third-order valence-corrected chi connectivity index (χ3v) is 3.36. The van der Waals surface area contributed by atoms with E-state index in [0.29, 0.717) is 17.9 Å². The van der Waals surface area contributed by atoms with E-state index in [2.05, 4.69) is 13.8 Å². The molecular weight excluding hydrogens is 148 g/mol. The first-order valence-electron chi connectivity index (χ1n) is 5.34. The van der Waals surface area contributed by atoms with Gasteiger partial charge in [0.1, 0.15) is 0 Å². The van der Waals surface area contributed by atoms with E-state index >= 15 is 0 Å². The highest BCUT2D eigenvalue weighted by Gasteiger charge is 2.48. The molecule has 0 radical (unpaired) electrons. The van der Waals surface area contributed by atoms with Crippen LogP contribution >= 0.6 is 0 Å². The Bertz CT molecular complexity index is 133. The summed E-state index contributed by atoms with van der Waals surface area (Å²) in [6.45, 7) is 4.97. The lowest BCUT2D eigenvalue weighted by molar-refractivity contribution is 0.248. The van der Waals surface area contributed by atoms with Crippen LogP contribution in [0.1, 0.15) is 52.4 Å². The van der Waals surface area contributed by atoms with Crippen molar-refractivity contribution >= 4 is 0 Å². The lowest BCUT2D eigenvalue weighted by atomic mass is 9.98. The van der Waals surface area contributed by atoms with Gasteiger partial charge in [-0.1, -0.05) is 39.5 Å². The van der Waals surface area contributed by atoms with Gasteiger partial charge in [-0.25, -0.2) is 0 Å². The second-order valence-corrected chi connectivity index (χ2v) is 4.55. The SMILES string of the molecule is CCCCCC[C@]1(C)C[C@H]1CO. The third kappa shape index (κ3) is 2.48. The fraction of sp³-hybridized carbons (Fsp3) is 1.00. The zero-order valence-corrected chi connectivity index (χ0v) is 8.47. The van der Waals surface area contributed by atoms with Gasteiger partial charge < -0.3 is 5.11 Å². The van der Waals surface area contributed by atoms with E-state index in [4.69, 9.17) is 5.11 Å². The van der Waals surface area contributed by atoms with Gasteiger partial charge in [0.2, 0.25) is 0 Å². The van der Waals surface area contributed by atoms with Crippen LogP contribution in [0.15, 0.2) is 0 Å². The van der Waals surface area contributed by atoms with Crippen LogP contribution < -0.4 is 0 Å². The van der Waals surface area contributed by atoms with Crippen molar-refractivity contribution in [1.29, 1.82) is 0 Å². The molecule has 0 amide bonds. The number of hydrogen-bond donors (Lipinski definition) is 1. The van der Waals surface area contributed by atoms with E-state index in [1.807, 2.05) is 0 Å². The molecule has 0 aromatic heterocycles. The average molecular weight is 170 g/mol. The normalized spacial score (nSPS) is 33.8. The minimum absolute atomic E-state index is 0.407. The van der Waals surface area contributed by atoms with Crippen LogP contribution in [0.25, 0.3) is 0 Å². The molecule has 1 fully saturated rings. The van der Waals surface area contributed by atoms with E-state index in [9.17, 15) is 0 Å². The van der Waals surface area contributed by atoms with E-state index in [1.54, 1.807) is 0 Å². The number of hydrogen-bond acceptors (Lipinski definition) is 1. The molecule has 0 saturated heterocycles. The molecule has 72 valence electrons. The molecule has 0 aromatic rings. The van der Waals surface area contributed by atoms with E-state index in [0.717, 1.165) is 0 Å². The minimum atomic E-state index is 0.407. The highest BCUT2D eigenvalue weighted by Crippen LogP contribution is 2.55. The lowest BCUT2D eigenvalue weighted by Gasteiger charge is -2.09. The Labute approximate surface area is 76.2 Å². The highest BCUT2D eigenvalue weighted by molar-refractivity contribution is 4.97. The molecule has 1 N–H and O–H groups in total. The molecule has 0 unspecified atom stereocenters. The van der Waals surface area contributed by atoms with Gasteiger partial charge in [0.25, 0.3) is 0 Å². The molecule has 0 spiro atoms. The summed E-state index contributed by atoms with van der Waals surface area (Å²) in [7, 11) is 0. The zero-order valence-electron chi connectivity index (χ0n) is 8.47. The van der Waals surface area contributed by atoms with Crippen LogP contribution in [-0.2, 0) is 0 Å². The standard InChI is InChI=1S/C11H22O/c1-3-4-5-6-7-11(2)8-10(11)9-12/h10,12H,3-9H2,1-2H3/t10-,11+/m0/s1. The average Bonchev–Trinajstić information content (AvgIpc) is 2.72. The largest absolute Gasteiger partial charge is 0.396 e. The molecule has 2 atom stereocenters. The Balaban J connectivity index is 2.01. The first-order chi connectivity index (χ1) is 5.73. The van der Waals surface area contributed by atoms with Crippen LogP contribution in [0.3, 0.4) is 0 Å². The first kappa shape index (κ1) is 10.0. The summed E-state index contributed by atoms with van der Waals surface area (Å²) in [6, 6.07) is 0. The second-order valence-electron chi connectivity index (χ2n) is 4.55. The molecule has 0 heterocycles. The maximum atomic E-state index is 8.94. The van der Waals surface area contributed by atoms with Crippen LogP contribution in [0, 0.1) is 11.3 Å². The van der Waals surface area contributed by atoms with Gasteiger partial charge in [-0.2, -0.15) is 0 Å². The number of rotatable bonds is 6. The van der Waals surface area contributed by atoms with Gasteiger partial charge in [-0.05, 0) is 24.2 Å². The molecule has 1 aliphatic carbocycles. The lowest BCUT2D eigenvalue weighted by Crippen LogP contribution is -2.00. The Morgan fingerprint density at radius 2 is 2.08 bits per heavy atom. The fourth-order valence-corrected chi connectivity index (χ4v) is 2.05. The molecule has 1 heteroatoms. The topological polar surface area (TPSA) is 20.2 Å². The van der Waals surface area contributed by atoms with Gasteiger partial charge in [-0.15, -0.1) is 0 Å². The number of aliphatic hydroxyl groups is 1. The minimum Gasteiger partial charge on any atom is -0.396 e. The van der Waals surface area contributed by atoms with Crippen molar-refractivity contribution in [2.45, 2.75) is 52.4 Å². The highest BCUT2D eigenvalue weighted by atomic mass is 16.3. The summed E-state index contributed by atoms with van der Waals surface area (Å²) in [5.74, 6) is 0.624. The Morgan fingerprint density at radius 1 is 1.33 bits per heavy atom. The summed E-state index contributed by atoms with van der Waals surface area (Å²) < 4.78 is 0.